The minimum Gasteiger partial charge on any atom is -0.508 e. The van der Waals surface area contributed by atoms with Crippen molar-refractivity contribution in [2.45, 2.75) is 43.9 Å². The van der Waals surface area contributed by atoms with Gasteiger partial charge in [0.15, 0.2) is 0 Å². The lowest BCUT2D eigenvalue weighted by Gasteiger charge is -2.57. The van der Waals surface area contributed by atoms with Gasteiger partial charge in [-0.2, -0.15) is 0 Å². The van der Waals surface area contributed by atoms with Crippen LogP contribution in [0.2, 0.25) is 0 Å². The summed E-state index contributed by atoms with van der Waals surface area (Å²) in [5.41, 5.74) is 3.22. The molecular formula is C28H28O4. The van der Waals surface area contributed by atoms with Gasteiger partial charge in [-0.25, -0.2) is 4.79 Å². The molecule has 164 valence electrons. The summed E-state index contributed by atoms with van der Waals surface area (Å²) in [4.78, 5) is 11.8. The van der Waals surface area contributed by atoms with Crippen LogP contribution in [0, 0.1) is 17.8 Å². The second kappa shape index (κ2) is 6.99. The molecule has 0 saturated heterocycles. The maximum Gasteiger partial charge on any atom is 0.341 e. The van der Waals surface area contributed by atoms with Crippen LogP contribution in [0.25, 0.3) is 21.9 Å². The standard InChI is InChI=1S/C28H28O4/c1-32-27(31)23-5-4-20(11-25(23)29)19-2-3-21-12-26(30)24(10-22(21)9-19)28-13-16-6-17(14-28)8-18(7-16)15-28/h2-5,9-12,16-18,29-30H,6-8,13-15H2,1H3. The first-order valence-corrected chi connectivity index (χ1v) is 11.6. The molecule has 0 unspecified atom stereocenters. The van der Waals surface area contributed by atoms with Crippen molar-refractivity contribution >= 4 is 16.7 Å². The highest BCUT2D eigenvalue weighted by atomic mass is 16.5. The number of phenols is 2. The van der Waals surface area contributed by atoms with E-state index in [-0.39, 0.29) is 16.7 Å². The third-order valence-electron chi connectivity index (χ3n) is 8.30. The van der Waals surface area contributed by atoms with E-state index in [0.717, 1.165) is 45.2 Å². The van der Waals surface area contributed by atoms with Crippen molar-refractivity contribution in [3.05, 3.63) is 59.7 Å². The van der Waals surface area contributed by atoms with E-state index >= 15 is 0 Å². The Balaban J connectivity index is 1.41. The Morgan fingerprint density at radius 3 is 2.06 bits per heavy atom. The van der Waals surface area contributed by atoms with E-state index in [1.54, 1.807) is 12.1 Å². The van der Waals surface area contributed by atoms with Gasteiger partial charge in [-0.3, -0.25) is 0 Å². The predicted molar refractivity (Wildman–Crippen MR) is 124 cm³/mol. The normalized spacial score (nSPS) is 28.2. The lowest BCUT2D eigenvalue weighted by atomic mass is 9.48. The molecule has 7 rings (SSSR count). The summed E-state index contributed by atoms with van der Waals surface area (Å²) in [6.45, 7) is 0. The van der Waals surface area contributed by atoms with Gasteiger partial charge in [-0.05, 0) is 114 Å². The zero-order valence-electron chi connectivity index (χ0n) is 18.3. The van der Waals surface area contributed by atoms with Gasteiger partial charge >= 0.3 is 5.97 Å². The quantitative estimate of drug-likeness (QED) is 0.490. The van der Waals surface area contributed by atoms with E-state index in [1.165, 1.54) is 45.6 Å². The number of ether oxygens (including phenoxy) is 1. The van der Waals surface area contributed by atoms with Crippen molar-refractivity contribution < 1.29 is 19.7 Å². The monoisotopic (exact) mass is 428 g/mol. The molecule has 0 aromatic heterocycles. The molecule has 3 aromatic rings. The molecule has 4 aliphatic rings. The maximum atomic E-state index is 11.8. The molecule has 0 amide bonds. The van der Waals surface area contributed by atoms with Crippen molar-refractivity contribution in [3.63, 3.8) is 0 Å². The third-order valence-corrected chi connectivity index (χ3v) is 8.30. The molecule has 2 N–H and O–H groups in total. The lowest BCUT2D eigenvalue weighted by Crippen LogP contribution is -2.48. The van der Waals surface area contributed by atoms with Crippen LogP contribution >= 0.6 is 0 Å². The molecule has 4 bridgehead atoms. The second-order valence-electron chi connectivity index (χ2n) is 10.4. The van der Waals surface area contributed by atoms with Gasteiger partial charge in [-0.1, -0.05) is 18.2 Å². The van der Waals surface area contributed by atoms with Crippen LogP contribution in [0.1, 0.15) is 54.4 Å². The molecule has 0 aliphatic heterocycles. The van der Waals surface area contributed by atoms with Crippen LogP contribution in [0.3, 0.4) is 0 Å². The Hall–Kier alpha value is -3.01. The number of fused-ring (bicyclic) bond motifs is 1. The minimum atomic E-state index is -0.553. The summed E-state index contributed by atoms with van der Waals surface area (Å²) < 4.78 is 4.72. The van der Waals surface area contributed by atoms with Crippen molar-refractivity contribution in [1.29, 1.82) is 0 Å². The van der Waals surface area contributed by atoms with Crippen LogP contribution < -0.4 is 0 Å². The molecule has 0 atom stereocenters. The van der Waals surface area contributed by atoms with Gasteiger partial charge < -0.3 is 14.9 Å². The van der Waals surface area contributed by atoms with Crippen molar-refractivity contribution in [3.8, 4) is 22.6 Å². The number of carbonyl (C=O) groups excluding carboxylic acids is 1. The van der Waals surface area contributed by atoms with E-state index in [0.29, 0.717) is 5.75 Å². The first-order valence-electron chi connectivity index (χ1n) is 11.6. The summed E-state index contributed by atoms with van der Waals surface area (Å²) in [6, 6.07) is 15.3. The Labute approximate surface area is 187 Å². The number of benzene rings is 3. The third kappa shape index (κ3) is 3.00. The van der Waals surface area contributed by atoms with Crippen LogP contribution in [0.4, 0.5) is 0 Å². The van der Waals surface area contributed by atoms with Crippen LogP contribution in [0.5, 0.6) is 11.5 Å². The highest BCUT2D eigenvalue weighted by Crippen LogP contribution is 2.62. The molecule has 4 aliphatic carbocycles. The largest absolute Gasteiger partial charge is 0.508 e. The Kier molecular flexibility index (Phi) is 4.30. The Morgan fingerprint density at radius 2 is 1.44 bits per heavy atom. The average molecular weight is 429 g/mol. The number of carbonyl (C=O) groups is 1. The Morgan fingerprint density at radius 1 is 0.812 bits per heavy atom. The zero-order valence-corrected chi connectivity index (χ0v) is 18.3. The zero-order chi connectivity index (χ0) is 22.0. The van der Waals surface area contributed by atoms with E-state index in [4.69, 9.17) is 4.74 Å². The summed E-state index contributed by atoms with van der Waals surface area (Å²) in [5, 5.41) is 23.4. The molecule has 0 spiro atoms. The highest BCUT2D eigenvalue weighted by Gasteiger charge is 2.52. The maximum absolute atomic E-state index is 11.8. The molecule has 0 radical (unpaired) electrons. The van der Waals surface area contributed by atoms with Crippen molar-refractivity contribution in [1.82, 2.24) is 0 Å². The number of esters is 1. The summed E-state index contributed by atoms with van der Waals surface area (Å²) >= 11 is 0. The fraction of sp³-hybridized carbons (Fsp3) is 0.393. The Bertz CT molecular complexity index is 1210. The topological polar surface area (TPSA) is 66.8 Å². The van der Waals surface area contributed by atoms with Crippen LogP contribution in [-0.4, -0.2) is 23.3 Å². The highest BCUT2D eigenvalue weighted by molar-refractivity contribution is 5.94. The number of rotatable bonds is 3. The number of hydrogen-bond donors (Lipinski definition) is 2. The fourth-order valence-corrected chi connectivity index (χ4v) is 7.32. The van der Waals surface area contributed by atoms with Crippen molar-refractivity contribution in [2.24, 2.45) is 17.8 Å². The van der Waals surface area contributed by atoms with E-state index in [1.807, 2.05) is 24.3 Å². The smallest absolute Gasteiger partial charge is 0.341 e. The summed E-state index contributed by atoms with van der Waals surface area (Å²) in [7, 11) is 1.30. The minimum absolute atomic E-state index is 0.0885. The van der Waals surface area contributed by atoms with Crippen LogP contribution in [0.15, 0.2) is 48.5 Å². The number of aromatic hydroxyl groups is 2. The number of hydrogen-bond acceptors (Lipinski definition) is 4. The number of phenolic OH excluding ortho intramolecular Hbond substituents is 2. The van der Waals surface area contributed by atoms with Gasteiger partial charge in [0.2, 0.25) is 0 Å². The molecule has 4 nitrogen and oxygen atoms in total. The molecule has 3 aromatic carbocycles. The summed E-state index contributed by atoms with van der Waals surface area (Å²) in [6.07, 6.45) is 7.76. The molecule has 4 saturated carbocycles. The molecule has 4 fully saturated rings. The SMILES string of the molecule is COC(=O)c1ccc(-c2ccc3cc(O)c(C45CC6CC(CC(C6)C4)C5)cc3c2)cc1O. The number of methoxy groups -OCH3 is 1. The van der Waals surface area contributed by atoms with Crippen molar-refractivity contribution in [2.75, 3.05) is 7.11 Å². The first kappa shape index (κ1) is 19.7. The van der Waals surface area contributed by atoms with Gasteiger partial charge in [0.05, 0.1) is 7.11 Å². The predicted octanol–water partition coefficient (Wildman–Crippen LogP) is 6.17. The fourth-order valence-electron chi connectivity index (χ4n) is 7.32. The van der Waals surface area contributed by atoms with Gasteiger partial charge in [0.1, 0.15) is 17.1 Å². The van der Waals surface area contributed by atoms with Crippen LogP contribution in [-0.2, 0) is 10.2 Å². The average Bonchev–Trinajstić information content (AvgIpc) is 2.77. The lowest BCUT2D eigenvalue weighted by molar-refractivity contribution is -0.00606. The van der Waals surface area contributed by atoms with Gasteiger partial charge in [-0.15, -0.1) is 0 Å². The second-order valence-corrected chi connectivity index (χ2v) is 10.4. The first-order chi connectivity index (χ1) is 15.4. The van der Waals surface area contributed by atoms with E-state index in [9.17, 15) is 15.0 Å². The van der Waals surface area contributed by atoms with Gasteiger partial charge in [0, 0.05) is 5.56 Å². The summed E-state index contributed by atoms with van der Waals surface area (Å²) in [5.74, 6) is 2.25. The molecule has 32 heavy (non-hydrogen) atoms. The van der Waals surface area contributed by atoms with E-state index in [2.05, 4.69) is 12.1 Å². The van der Waals surface area contributed by atoms with Gasteiger partial charge in [0.25, 0.3) is 0 Å². The molecule has 4 heteroatoms. The molecule has 0 heterocycles. The van der Waals surface area contributed by atoms with E-state index < -0.39 is 5.97 Å². The molecular weight excluding hydrogens is 400 g/mol.